The van der Waals surface area contributed by atoms with E-state index in [1.54, 1.807) is 18.2 Å². The molecular formula is C46H83NO10P+. The maximum Gasteiger partial charge on any atom is 0.472 e. The number of likely N-dealkylation sites (N-methyl/N-ethyl adjacent to an activating group) is 1. The van der Waals surface area contributed by atoms with Crippen LogP contribution in [0.5, 0.6) is 0 Å². The molecule has 11 nitrogen and oxygen atoms in total. The standard InChI is InChI=1S/C46H82NO10P/c1-6-8-10-11-12-13-14-15-16-17-18-19-23-26-30-36-45(50)54-40-44(41-56-58(52,53)55-39-38-47(3,4)5)57-46(51)37-31-35-43(49)34-29-25-22-20-21-24-28-33-42(48)32-27-9-7-2/h15-16,21-22,24-25,28-29,33-34,42-44,48-49H,6-14,17-20,23,26-27,30-32,35-41H2,1-5H3/p+1/b16-15-,24-21-,25-22-,33-28+,34-29+/t42-,43-,44-/m1/s1. The molecule has 4 atom stereocenters. The van der Waals surface area contributed by atoms with E-state index in [0.717, 1.165) is 64.2 Å². The summed E-state index contributed by atoms with van der Waals surface area (Å²) < 4.78 is 34.1. The Hall–Kier alpha value is -2.37. The van der Waals surface area contributed by atoms with Gasteiger partial charge < -0.3 is 29.1 Å². The van der Waals surface area contributed by atoms with E-state index in [9.17, 15) is 29.3 Å². The molecule has 0 aliphatic rings. The molecule has 0 heterocycles. The Balaban J connectivity index is 4.63. The monoisotopic (exact) mass is 841 g/mol. The van der Waals surface area contributed by atoms with Gasteiger partial charge in [-0.15, -0.1) is 0 Å². The van der Waals surface area contributed by atoms with Gasteiger partial charge in [-0.3, -0.25) is 18.6 Å². The van der Waals surface area contributed by atoms with E-state index in [4.69, 9.17) is 18.5 Å². The maximum atomic E-state index is 12.7. The third-order valence-electron chi connectivity index (χ3n) is 9.23. The molecule has 336 valence electrons. The van der Waals surface area contributed by atoms with Gasteiger partial charge in [0.2, 0.25) is 0 Å². The lowest BCUT2D eigenvalue weighted by molar-refractivity contribution is -0.870. The Morgan fingerprint density at radius 1 is 0.621 bits per heavy atom. The quantitative estimate of drug-likeness (QED) is 0.0136. The highest BCUT2D eigenvalue weighted by Crippen LogP contribution is 2.43. The molecule has 0 aromatic heterocycles. The molecule has 58 heavy (non-hydrogen) atoms. The third kappa shape index (κ3) is 40.4. The van der Waals surface area contributed by atoms with E-state index in [1.807, 2.05) is 51.5 Å². The molecule has 1 unspecified atom stereocenters. The van der Waals surface area contributed by atoms with Crippen molar-refractivity contribution in [3.05, 3.63) is 60.8 Å². The van der Waals surface area contributed by atoms with Gasteiger partial charge in [-0.2, -0.15) is 0 Å². The number of esters is 2. The molecule has 0 aromatic rings. The Labute approximate surface area is 352 Å². The van der Waals surface area contributed by atoms with Crippen LogP contribution < -0.4 is 0 Å². The second kappa shape index (κ2) is 37.6. The number of aliphatic hydroxyl groups excluding tert-OH is 2. The van der Waals surface area contributed by atoms with Gasteiger partial charge in [0.25, 0.3) is 0 Å². The van der Waals surface area contributed by atoms with Crippen LogP contribution in [-0.2, 0) is 32.7 Å². The molecule has 0 aromatic carbocycles. The van der Waals surface area contributed by atoms with Crippen LogP contribution in [0.1, 0.15) is 155 Å². The number of ether oxygens (including phenoxy) is 2. The second-order valence-electron chi connectivity index (χ2n) is 16.1. The molecule has 0 rings (SSSR count). The number of phosphoric ester groups is 1. The summed E-state index contributed by atoms with van der Waals surface area (Å²) in [7, 11) is 1.32. The number of phosphoric acid groups is 1. The largest absolute Gasteiger partial charge is 0.472 e. The van der Waals surface area contributed by atoms with Crippen molar-refractivity contribution in [3.63, 3.8) is 0 Å². The van der Waals surface area contributed by atoms with Crippen molar-refractivity contribution in [2.24, 2.45) is 0 Å². The van der Waals surface area contributed by atoms with Crippen molar-refractivity contribution in [2.75, 3.05) is 47.5 Å². The highest BCUT2D eigenvalue weighted by Gasteiger charge is 2.27. The Morgan fingerprint density at radius 3 is 1.72 bits per heavy atom. The Morgan fingerprint density at radius 2 is 1.14 bits per heavy atom. The van der Waals surface area contributed by atoms with Gasteiger partial charge in [-0.05, 0) is 57.8 Å². The minimum Gasteiger partial charge on any atom is -0.462 e. The summed E-state index contributed by atoms with van der Waals surface area (Å²) in [5, 5.41) is 20.2. The molecule has 0 aliphatic carbocycles. The van der Waals surface area contributed by atoms with Gasteiger partial charge in [0, 0.05) is 12.8 Å². The lowest BCUT2D eigenvalue weighted by Gasteiger charge is -2.24. The number of aliphatic hydroxyl groups is 2. The van der Waals surface area contributed by atoms with Gasteiger partial charge in [0.15, 0.2) is 6.10 Å². The van der Waals surface area contributed by atoms with Crippen molar-refractivity contribution < 1.29 is 52.3 Å². The lowest BCUT2D eigenvalue weighted by Crippen LogP contribution is -2.37. The van der Waals surface area contributed by atoms with Crippen molar-refractivity contribution in [1.82, 2.24) is 0 Å². The highest BCUT2D eigenvalue weighted by atomic mass is 31.2. The molecule has 0 amide bonds. The topological polar surface area (TPSA) is 149 Å². The minimum absolute atomic E-state index is 0.0114. The van der Waals surface area contributed by atoms with Crippen LogP contribution in [0, 0.1) is 0 Å². The zero-order chi connectivity index (χ0) is 43.2. The van der Waals surface area contributed by atoms with E-state index in [0.29, 0.717) is 36.7 Å². The summed E-state index contributed by atoms with van der Waals surface area (Å²) in [6, 6.07) is 0. The SMILES string of the molecule is CCCCCCCC/C=C\CCCCCCCC(=O)OC[C@H](COP(=O)(O)OCC[N+](C)(C)C)OC(=O)CCC[C@H](O)/C=C/C=C\C/C=C\C=C\[C@H](O)CCCCC. The average Bonchev–Trinajstić information content (AvgIpc) is 3.16. The van der Waals surface area contributed by atoms with Gasteiger partial charge >= 0.3 is 19.8 Å². The van der Waals surface area contributed by atoms with Crippen molar-refractivity contribution >= 4 is 19.8 Å². The number of nitrogens with zero attached hydrogens (tertiary/aromatic N) is 1. The molecule has 0 spiro atoms. The fraction of sp³-hybridized carbons (Fsp3) is 0.739. The van der Waals surface area contributed by atoms with E-state index in [-0.39, 0.29) is 26.1 Å². The van der Waals surface area contributed by atoms with Gasteiger partial charge in [0.1, 0.15) is 19.8 Å². The lowest BCUT2D eigenvalue weighted by atomic mass is 10.1. The number of rotatable bonds is 39. The zero-order valence-electron chi connectivity index (χ0n) is 37.0. The smallest absolute Gasteiger partial charge is 0.462 e. The summed E-state index contributed by atoms with van der Waals surface area (Å²) >= 11 is 0. The molecule has 3 N–H and O–H groups in total. The van der Waals surface area contributed by atoms with Gasteiger partial charge in [-0.25, -0.2) is 4.57 Å². The van der Waals surface area contributed by atoms with E-state index in [1.165, 1.54) is 38.5 Å². The van der Waals surface area contributed by atoms with E-state index in [2.05, 4.69) is 26.0 Å². The summed E-state index contributed by atoms with van der Waals surface area (Å²) in [4.78, 5) is 35.4. The number of quaternary nitrogens is 1. The van der Waals surface area contributed by atoms with Crippen molar-refractivity contribution in [1.29, 1.82) is 0 Å². The van der Waals surface area contributed by atoms with Gasteiger partial charge in [0.05, 0.1) is 40.0 Å². The molecule has 0 saturated heterocycles. The van der Waals surface area contributed by atoms with Crippen LogP contribution in [0.2, 0.25) is 0 Å². The van der Waals surface area contributed by atoms with Crippen LogP contribution in [-0.4, -0.2) is 97.3 Å². The number of allylic oxidation sites excluding steroid dienone is 8. The number of carbonyl (C=O) groups excluding carboxylic acids is 2. The first-order valence-electron chi connectivity index (χ1n) is 22.2. The fourth-order valence-corrected chi connectivity index (χ4v) is 6.37. The Kier molecular flexibility index (Phi) is 36.1. The van der Waals surface area contributed by atoms with E-state index < -0.39 is 44.7 Å². The number of hydrogen-bond acceptors (Lipinski definition) is 9. The molecule has 12 heteroatoms. The highest BCUT2D eigenvalue weighted by molar-refractivity contribution is 7.47. The maximum absolute atomic E-state index is 12.7. The van der Waals surface area contributed by atoms with Gasteiger partial charge in [-0.1, -0.05) is 145 Å². The molecule has 0 radical (unpaired) electrons. The summed E-state index contributed by atoms with van der Waals surface area (Å²) in [6.45, 7) is 4.02. The number of unbranched alkanes of at least 4 members (excludes halogenated alkanes) is 13. The summed E-state index contributed by atoms with van der Waals surface area (Å²) in [6.07, 6.45) is 37.7. The first-order chi connectivity index (χ1) is 27.8. The van der Waals surface area contributed by atoms with E-state index >= 15 is 0 Å². The molecule has 0 aliphatic heterocycles. The van der Waals surface area contributed by atoms with Crippen LogP contribution >= 0.6 is 7.82 Å². The normalized spacial score (nSPS) is 15.2. The predicted octanol–water partition coefficient (Wildman–Crippen LogP) is 10.4. The zero-order valence-corrected chi connectivity index (χ0v) is 37.9. The first kappa shape index (κ1) is 55.6. The number of hydrogen-bond donors (Lipinski definition) is 3. The van der Waals surface area contributed by atoms with Crippen LogP contribution in [0.15, 0.2) is 60.8 Å². The fourth-order valence-electron chi connectivity index (χ4n) is 5.63. The Bertz CT molecular complexity index is 1210. The summed E-state index contributed by atoms with van der Waals surface area (Å²) in [5.74, 6) is -1.04. The average molecular weight is 841 g/mol. The first-order valence-corrected chi connectivity index (χ1v) is 23.7. The predicted molar refractivity (Wildman–Crippen MR) is 236 cm³/mol. The van der Waals surface area contributed by atoms with Crippen LogP contribution in [0.3, 0.4) is 0 Å². The van der Waals surface area contributed by atoms with Crippen molar-refractivity contribution in [3.8, 4) is 0 Å². The molecular weight excluding hydrogens is 757 g/mol. The summed E-state index contributed by atoms with van der Waals surface area (Å²) in [5.41, 5.74) is 0. The van der Waals surface area contributed by atoms with Crippen LogP contribution in [0.4, 0.5) is 0 Å². The van der Waals surface area contributed by atoms with Crippen LogP contribution in [0.25, 0.3) is 0 Å². The molecule has 0 saturated carbocycles. The molecule has 0 fully saturated rings. The minimum atomic E-state index is -4.44. The third-order valence-corrected chi connectivity index (χ3v) is 10.2. The van der Waals surface area contributed by atoms with Crippen molar-refractivity contribution in [2.45, 2.75) is 173 Å². The second-order valence-corrected chi connectivity index (χ2v) is 17.6. The number of carbonyl (C=O) groups is 2. The molecule has 0 bridgehead atoms.